The fraction of sp³-hybridized carbons (Fsp3) is 0.529. The number of amides is 1. The van der Waals surface area contributed by atoms with Crippen LogP contribution in [0.4, 0.5) is 0 Å². The predicted molar refractivity (Wildman–Crippen MR) is 105 cm³/mol. The number of aromatic nitrogens is 4. The Hall–Kier alpha value is -1.70. The maximum Gasteiger partial charge on any atom is 0.273 e. The van der Waals surface area contributed by atoms with Crippen molar-refractivity contribution in [3.8, 4) is 0 Å². The molecule has 1 aliphatic rings. The third-order valence-electron chi connectivity index (χ3n) is 4.61. The number of rotatable bonds is 6. The van der Waals surface area contributed by atoms with Crippen molar-refractivity contribution in [3.63, 3.8) is 0 Å². The molecule has 0 aromatic carbocycles. The molecule has 1 unspecified atom stereocenters. The topological polar surface area (TPSA) is 98.7 Å². The number of nitrogens with two attached hydrogens (primary N) is 1. The Kier molecular flexibility index (Phi) is 9.54. The molecule has 7 nitrogen and oxygen atoms in total. The van der Waals surface area contributed by atoms with Crippen LogP contribution in [0.25, 0.3) is 0 Å². The van der Waals surface area contributed by atoms with Crippen LogP contribution in [0.5, 0.6) is 0 Å². The highest BCUT2D eigenvalue weighted by Crippen LogP contribution is 2.26. The molecule has 1 amide bonds. The highest BCUT2D eigenvalue weighted by atomic mass is 35.5. The number of halogens is 2. The Bertz CT molecular complexity index is 660. The Morgan fingerprint density at radius 1 is 1.27 bits per heavy atom. The second-order valence-electron chi connectivity index (χ2n) is 6.34. The first-order valence-corrected chi connectivity index (χ1v) is 8.57. The monoisotopic (exact) mass is 400 g/mol. The molecule has 2 aromatic heterocycles. The summed E-state index contributed by atoms with van der Waals surface area (Å²) in [7, 11) is 0. The molecule has 26 heavy (non-hydrogen) atoms. The van der Waals surface area contributed by atoms with Crippen molar-refractivity contribution >= 4 is 30.7 Å². The summed E-state index contributed by atoms with van der Waals surface area (Å²) in [5.74, 6) is 0.263. The first kappa shape index (κ1) is 22.3. The second kappa shape index (κ2) is 11.1. The lowest BCUT2D eigenvalue weighted by Gasteiger charge is -2.29. The molecule has 0 spiro atoms. The standard InChI is InChI=1S/C17H24N6O.2ClH/c18-10-15(13-6-2-1-3-7-13)20-17(24)16-12-23(22-21-16)11-14-8-4-5-9-19-14;;/h4-5,8-9,12-13,15H,1-3,6-7,10-11,18H2,(H,20,24);2*1H. The van der Waals surface area contributed by atoms with Crippen molar-refractivity contribution in [2.45, 2.75) is 44.7 Å². The van der Waals surface area contributed by atoms with Gasteiger partial charge in [-0.05, 0) is 30.9 Å². The first-order valence-electron chi connectivity index (χ1n) is 8.57. The van der Waals surface area contributed by atoms with E-state index in [4.69, 9.17) is 5.73 Å². The summed E-state index contributed by atoms with van der Waals surface area (Å²) in [5, 5.41) is 11.0. The summed E-state index contributed by atoms with van der Waals surface area (Å²) in [6.45, 7) is 0.947. The van der Waals surface area contributed by atoms with Gasteiger partial charge in [-0.1, -0.05) is 30.5 Å². The zero-order valence-electron chi connectivity index (χ0n) is 14.6. The van der Waals surface area contributed by atoms with Crippen LogP contribution in [0.2, 0.25) is 0 Å². The zero-order valence-corrected chi connectivity index (χ0v) is 16.2. The van der Waals surface area contributed by atoms with Crippen LogP contribution in [0, 0.1) is 5.92 Å². The third kappa shape index (κ3) is 5.93. The van der Waals surface area contributed by atoms with Gasteiger partial charge in [0.05, 0.1) is 18.4 Å². The van der Waals surface area contributed by atoms with Gasteiger partial charge in [-0.15, -0.1) is 29.9 Å². The Labute approximate surface area is 166 Å². The van der Waals surface area contributed by atoms with E-state index >= 15 is 0 Å². The molecule has 1 saturated carbocycles. The van der Waals surface area contributed by atoms with Crippen molar-refractivity contribution in [1.29, 1.82) is 0 Å². The van der Waals surface area contributed by atoms with Gasteiger partial charge in [0, 0.05) is 18.8 Å². The molecule has 2 heterocycles. The van der Waals surface area contributed by atoms with Crippen LogP contribution in [-0.2, 0) is 6.54 Å². The molecular formula is C17H26Cl2N6O. The summed E-state index contributed by atoms with van der Waals surface area (Å²) in [5.41, 5.74) is 7.06. The lowest BCUT2D eigenvalue weighted by atomic mass is 9.84. The number of pyridine rings is 1. The fourth-order valence-electron chi connectivity index (χ4n) is 3.29. The normalized spacial score (nSPS) is 15.4. The summed E-state index contributed by atoms with van der Waals surface area (Å²) >= 11 is 0. The van der Waals surface area contributed by atoms with E-state index in [1.165, 1.54) is 19.3 Å². The summed E-state index contributed by atoms with van der Waals surface area (Å²) in [4.78, 5) is 16.7. The Morgan fingerprint density at radius 2 is 2.04 bits per heavy atom. The average Bonchev–Trinajstić information content (AvgIpc) is 3.10. The van der Waals surface area contributed by atoms with Crippen LogP contribution in [-0.4, -0.2) is 38.5 Å². The smallest absolute Gasteiger partial charge is 0.273 e. The lowest BCUT2D eigenvalue weighted by molar-refractivity contribution is 0.0910. The van der Waals surface area contributed by atoms with Gasteiger partial charge >= 0.3 is 0 Å². The number of hydrogen-bond donors (Lipinski definition) is 2. The summed E-state index contributed by atoms with van der Waals surface area (Å²) in [6.07, 6.45) is 9.37. The third-order valence-corrected chi connectivity index (χ3v) is 4.61. The lowest BCUT2D eigenvalue weighted by Crippen LogP contribution is -2.46. The molecule has 1 aliphatic carbocycles. The number of carbonyl (C=O) groups excluding carboxylic acids is 1. The molecule has 144 valence electrons. The van der Waals surface area contributed by atoms with E-state index in [1.54, 1.807) is 17.1 Å². The van der Waals surface area contributed by atoms with E-state index in [0.29, 0.717) is 24.7 Å². The molecule has 9 heteroatoms. The van der Waals surface area contributed by atoms with E-state index in [0.717, 1.165) is 18.5 Å². The zero-order chi connectivity index (χ0) is 16.8. The predicted octanol–water partition coefficient (Wildman–Crippen LogP) is 2.20. The van der Waals surface area contributed by atoms with E-state index in [2.05, 4.69) is 20.6 Å². The van der Waals surface area contributed by atoms with Gasteiger partial charge in [-0.2, -0.15) is 0 Å². The molecule has 0 aliphatic heterocycles. The van der Waals surface area contributed by atoms with E-state index in [-0.39, 0.29) is 36.8 Å². The van der Waals surface area contributed by atoms with Gasteiger partial charge in [0.1, 0.15) is 0 Å². The Morgan fingerprint density at radius 3 is 2.69 bits per heavy atom. The molecule has 3 rings (SSSR count). The average molecular weight is 401 g/mol. The van der Waals surface area contributed by atoms with E-state index in [1.807, 2.05) is 18.2 Å². The molecule has 0 radical (unpaired) electrons. The molecule has 0 saturated heterocycles. The molecule has 3 N–H and O–H groups in total. The van der Waals surface area contributed by atoms with Gasteiger partial charge in [-0.25, -0.2) is 4.68 Å². The van der Waals surface area contributed by atoms with Crippen molar-refractivity contribution in [2.24, 2.45) is 11.7 Å². The van der Waals surface area contributed by atoms with E-state index < -0.39 is 0 Å². The van der Waals surface area contributed by atoms with Crippen LogP contribution in [0.15, 0.2) is 30.6 Å². The second-order valence-corrected chi connectivity index (χ2v) is 6.34. The minimum absolute atomic E-state index is 0. The van der Waals surface area contributed by atoms with Crippen molar-refractivity contribution in [2.75, 3.05) is 6.54 Å². The van der Waals surface area contributed by atoms with Crippen LogP contribution >= 0.6 is 24.8 Å². The van der Waals surface area contributed by atoms with Crippen molar-refractivity contribution in [1.82, 2.24) is 25.3 Å². The quantitative estimate of drug-likeness (QED) is 0.773. The van der Waals surface area contributed by atoms with Crippen LogP contribution in [0.1, 0.15) is 48.3 Å². The molecular weight excluding hydrogens is 375 g/mol. The van der Waals surface area contributed by atoms with Gasteiger partial charge < -0.3 is 11.1 Å². The maximum atomic E-state index is 12.4. The molecule has 2 aromatic rings. The maximum absolute atomic E-state index is 12.4. The molecule has 1 atom stereocenters. The number of nitrogens with zero attached hydrogens (tertiary/aromatic N) is 4. The van der Waals surface area contributed by atoms with Crippen molar-refractivity contribution < 1.29 is 4.79 Å². The van der Waals surface area contributed by atoms with Gasteiger partial charge in [0.2, 0.25) is 0 Å². The highest BCUT2D eigenvalue weighted by Gasteiger charge is 2.25. The van der Waals surface area contributed by atoms with Gasteiger partial charge in [0.15, 0.2) is 5.69 Å². The van der Waals surface area contributed by atoms with Crippen molar-refractivity contribution in [3.05, 3.63) is 42.0 Å². The van der Waals surface area contributed by atoms with Gasteiger partial charge in [0.25, 0.3) is 5.91 Å². The minimum atomic E-state index is -0.205. The SMILES string of the molecule is Cl.Cl.NCC(NC(=O)c1cn(Cc2ccccn2)nn1)C1CCCCC1. The van der Waals surface area contributed by atoms with Crippen LogP contribution < -0.4 is 11.1 Å². The largest absolute Gasteiger partial charge is 0.346 e. The number of nitrogens with one attached hydrogen (secondary N) is 1. The summed E-state index contributed by atoms with van der Waals surface area (Å²) < 4.78 is 1.62. The van der Waals surface area contributed by atoms with Crippen LogP contribution in [0.3, 0.4) is 0 Å². The first-order chi connectivity index (χ1) is 11.8. The highest BCUT2D eigenvalue weighted by molar-refractivity contribution is 5.92. The van der Waals surface area contributed by atoms with E-state index in [9.17, 15) is 4.79 Å². The van der Waals surface area contributed by atoms with Gasteiger partial charge in [-0.3, -0.25) is 9.78 Å². The fourth-order valence-corrected chi connectivity index (χ4v) is 3.29. The molecule has 0 bridgehead atoms. The summed E-state index contributed by atoms with van der Waals surface area (Å²) in [6, 6.07) is 5.71. The molecule has 1 fully saturated rings. The minimum Gasteiger partial charge on any atom is -0.346 e. The number of hydrogen-bond acceptors (Lipinski definition) is 5. The Balaban J connectivity index is 0.00000169. The number of carbonyl (C=O) groups is 1.